The van der Waals surface area contributed by atoms with Gasteiger partial charge in [0, 0.05) is 29.1 Å². The van der Waals surface area contributed by atoms with E-state index in [1.807, 2.05) is 49.4 Å². The van der Waals surface area contributed by atoms with Crippen LogP contribution in [0, 0.1) is 17.0 Å². The molecule has 1 amide bonds. The highest BCUT2D eigenvalue weighted by molar-refractivity contribution is 6.06. The Morgan fingerprint density at radius 2 is 1.80 bits per heavy atom. The van der Waals surface area contributed by atoms with Gasteiger partial charge in [-0.3, -0.25) is 14.9 Å². The van der Waals surface area contributed by atoms with Gasteiger partial charge in [-0.25, -0.2) is 4.68 Å². The lowest BCUT2D eigenvalue weighted by molar-refractivity contribution is -0.384. The minimum Gasteiger partial charge on any atom is -0.328 e. The smallest absolute Gasteiger partial charge is 0.269 e. The highest BCUT2D eigenvalue weighted by Gasteiger charge is 2.35. The predicted octanol–water partition coefficient (Wildman–Crippen LogP) is 5.09. The van der Waals surface area contributed by atoms with E-state index < -0.39 is 11.0 Å². The van der Waals surface area contributed by atoms with E-state index in [-0.39, 0.29) is 11.6 Å². The summed E-state index contributed by atoms with van der Waals surface area (Å²) in [5.74, 6) is 0.604. The molecule has 1 atom stereocenters. The fourth-order valence-corrected chi connectivity index (χ4v) is 4.19. The number of nitrogens with one attached hydrogen (secondary N) is 2. The molecule has 35 heavy (non-hydrogen) atoms. The first-order valence-corrected chi connectivity index (χ1v) is 11.0. The number of aromatic nitrogens is 3. The Balaban J connectivity index is 1.64. The zero-order valence-corrected chi connectivity index (χ0v) is 19.1. The maximum absolute atomic E-state index is 13.5. The number of nitro benzene ring substituents is 1. The van der Waals surface area contributed by atoms with Crippen LogP contribution in [0.5, 0.6) is 0 Å². The molecule has 4 aromatic rings. The number of amides is 1. The quantitative estimate of drug-likeness (QED) is 0.313. The zero-order valence-electron chi connectivity index (χ0n) is 19.1. The maximum atomic E-state index is 13.5. The summed E-state index contributed by atoms with van der Waals surface area (Å²) in [4.78, 5) is 29.2. The van der Waals surface area contributed by atoms with Crippen LogP contribution in [0.25, 0.3) is 11.4 Å². The molecule has 5 rings (SSSR count). The number of rotatable bonds is 5. The van der Waals surface area contributed by atoms with Crippen molar-refractivity contribution in [3.63, 3.8) is 0 Å². The van der Waals surface area contributed by atoms with E-state index >= 15 is 0 Å². The van der Waals surface area contributed by atoms with E-state index in [9.17, 15) is 14.9 Å². The van der Waals surface area contributed by atoms with Gasteiger partial charge in [0.15, 0.2) is 5.82 Å². The number of benzene rings is 3. The Morgan fingerprint density at radius 1 is 1.03 bits per heavy atom. The van der Waals surface area contributed by atoms with Crippen molar-refractivity contribution in [1.29, 1.82) is 0 Å². The second-order valence-corrected chi connectivity index (χ2v) is 8.31. The number of fused-ring (bicyclic) bond motifs is 1. The van der Waals surface area contributed by atoms with Crippen molar-refractivity contribution in [3.8, 4) is 11.4 Å². The molecule has 0 saturated heterocycles. The van der Waals surface area contributed by atoms with Gasteiger partial charge in [0.05, 0.1) is 10.5 Å². The van der Waals surface area contributed by atoms with Crippen molar-refractivity contribution >= 4 is 23.2 Å². The van der Waals surface area contributed by atoms with Gasteiger partial charge < -0.3 is 10.6 Å². The van der Waals surface area contributed by atoms with Crippen LogP contribution in [0.1, 0.15) is 24.1 Å². The Hall–Kier alpha value is -4.79. The number of hydrogen-bond donors (Lipinski definition) is 2. The van der Waals surface area contributed by atoms with Crippen molar-refractivity contribution in [2.45, 2.75) is 19.9 Å². The zero-order chi connectivity index (χ0) is 24.5. The molecule has 0 spiro atoms. The van der Waals surface area contributed by atoms with E-state index in [1.165, 1.54) is 12.1 Å². The second-order valence-electron chi connectivity index (χ2n) is 8.31. The Kier molecular flexibility index (Phi) is 5.58. The molecule has 0 fully saturated rings. The fraction of sp³-hybridized carbons (Fsp3) is 0.115. The van der Waals surface area contributed by atoms with Gasteiger partial charge in [-0.05, 0) is 37.6 Å². The van der Waals surface area contributed by atoms with Gasteiger partial charge in [0.25, 0.3) is 11.6 Å². The molecule has 2 heterocycles. The summed E-state index contributed by atoms with van der Waals surface area (Å²) in [6.07, 6.45) is 0. The average Bonchev–Trinajstić information content (AvgIpc) is 3.27. The van der Waals surface area contributed by atoms with Crippen LogP contribution in [0.3, 0.4) is 0 Å². The largest absolute Gasteiger partial charge is 0.328 e. The summed E-state index contributed by atoms with van der Waals surface area (Å²) >= 11 is 0. The molecule has 0 radical (unpaired) electrons. The van der Waals surface area contributed by atoms with Crippen LogP contribution >= 0.6 is 0 Å². The first-order chi connectivity index (χ1) is 16.9. The summed E-state index contributed by atoms with van der Waals surface area (Å²) in [6.45, 7) is 3.77. The van der Waals surface area contributed by atoms with Crippen LogP contribution < -0.4 is 10.6 Å². The van der Waals surface area contributed by atoms with Crippen LogP contribution in [0.2, 0.25) is 0 Å². The number of hydrogen-bond acceptors (Lipinski definition) is 6. The summed E-state index contributed by atoms with van der Waals surface area (Å²) < 4.78 is 1.61. The molecule has 9 heteroatoms. The van der Waals surface area contributed by atoms with Gasteiger partial charge in [-0.1, -0.05) is 54.1 Å². The standard InChI is InChI=1S/C26H22N6O3/c1-16-8-6-10-19(14-16)24-29-26-27-17(2)22(25(33)28-20-11-4-3-5-12-20)23(31(26)30-24)18-9-7-13-21(15-18)32(34)35/h3-15,23H,1-2H3,(H,28,33)(H,27,29,30). The topological polar surface area (TPSA) is 115 Å². The molecule has 1 aromatic heterocycles. The lowest BCUT2D eigenvalue weighted by atomic mass is 9.94. The monoisotopic (exact) mass is 466 g/mol. The summed E-state index contributed by atoms with van der Waals surface area (Å²) in [6, 6.07) is 22.5. The second kappa shape index (κ2) is 8.86. The van der Waals surface area contributed by atoms with Gasteiger partial charge in [-0.15, -0.1) is 5.10 Å². The van der Waals surface area contributed by atoms with Crippen LogP contribution in [-0.2, 0) is 4.79 Å². The predicted molar refractivity (Wildman–Crippen MR) is 133 cm³/mol. The van der Waals surface area contributed by atoms with Gasteiger partial charge in [0.1, 0.15) is 6.04 Å². The SMILES string of the molecule is CC1=C(C(=O)Nc2ccccc2)C(c2cccc([N+](=O)[O-])c2)n2nc(-c3cccc(C)c3)nc2N1. The highest BCUT2D eigenvalue weighted by atomic mass is 16.6. The maximum Gasteiger partial charge on any atom is 0.269 e. The third-order valence-corrected chi connectivity index (χ3v) is 5.80. The average molecular weight is 467 g/mol. The van der Waals surface area contributed by atoms with E-state index in [2.05, 4.69) is 15.6 Å². The number of aryl methyl sites for hydroxylation is 1. The molecule has 9 nitrogen and oxygen atoms in total. The number of carbonyl (C=O) groups excluding carboxylic acids is 1. The Labute approximate surface area is 201 Å². The number of allylic oxidation sites excluding steroid dienone is 1. The lowest BCUT2D eigenvalue weighted by Crippen LogP contribution is -2.31. The third-order valence-electron chi connectivity index (χ3n) is 5.80. The van der Waals surface area contributed by atoms with Crippen molar-refractivity contribution in [2.24, 2.45) is 0 Å². The molecule has 1 aliphatic rings. The van der Waals surface area contributed by atoms with Crippen molar-refractivity contribution in [1.82, 2.24) is 14.8 Å². The number of para-hydroxylation sites is 1. The molecule has 3 aromatic carbocycles. The van der Waals surface area contributed by atoms with Gasteiger partial charge in [0.2, 0.25) is 5.95 Å². The third kappa shape index (κ3) is 4.26. The number of non-ortho nitro benzene ring substituents is 1. The van der Waals surface area contributed by atoms with E-state index in [0.717, 1.165) is 11.1 Å². The fourth-order valence-electron chi connectivity index (χ4n) is 4.19. The molecule has 0 bridgehead atoms. The summed E-state index contributed by atoms with van der Waals surface area (Å²) in [7, 11) is 0. The molecule has 2 N–H and O–H groups in total. The van der Waals surface area contributed by atoms with Crippen molar-refractivity contribution < 1.29 is 9.72 Å². The normalized spacial score (nSPS) is 14.7. The Morgan fingerprint density at radius 3 is 2.54 bits per heavy atom. The summed E-state index contributed by atoms with van der Waals surface area (Å²) in [5.41, 5.74) is 4.01. The molecule has 0 aliphatic carbocycles. The van der Waals surface area contributed by atoms with Crippen molar-refractivity contribution in [3.05, 3.63) is 111 Å². The van der Waals surface area contributed by atoms with E-state index in [4.69, 9.17) is 5.10 Å². The molecular weight excluding hydrogens is 444 g/mol. The van der Waals surface area contributed by atoms with E-state index in [1.54, 1.807) is 35.9 Å². The molecule has 1 aliphatic heterocycles. The van der Waals surface area contributed by atoms with E-state index in [0.29, 0.717) is 34.3 Å². The number of anilines is 2. The first kappa shape index (κ1) is 22.0. The number of carbonyl (C=O) groups is 1. The summed E-state index contributed by atoms with van der Waals surface area (Å²) in [5, 5.41) is 22.3. The molecule has 0 saturated carbocycles. The van der Waals surface area contributed by atoms with Crippen LogP contribution in [0.15, 0.2) is 90.1 Å². The minimum atomic E-state index is -0.721. The minimum absolute atomic E-state index is 0.0675. The van der Waals surface area contributed by atoms with Gasteiger partial charge >= 0.3 is 0 Å². The molecule has 1 unspecified atom stereocenters. The molecule has 174 valence electrons. The molecular formula is C26H22N6O3. The lowest BCUT2D eigenvalue weighted by Gasteiger charge is -2.28. The van der Waals surface area contributed by atoms with Gasteiger partial charge in [-0.2, -0.15) is 4.98 Å². The van der Waals surface area contributed by atoms with Crippen molar-refractivity contribution in [2.75, 3.05) is 10.6 Å². The highest BCUT2D eigenvalue weighted by Crippen LogP contribution is 2.37. The number of nitro groups is 1. The Bertz CT molecular complexity index is 1480. The number of nitrogens with zero attached hydrogens (tertiary/aromatic N) is 4. The van der Waals surface area contributed by atoms with Crippen LogP contribution in [0.4, 0.5) is 17.3 Å². The first-order valence-electron chi connectivity index (χ1n) is 11.0. The van der Waals surface area contributed by atoms with Crippen LogP contribution in [-0.4, -0.2) is 25.6 Å².